The lowest BCUT2D eigenvalue weighted by Gasteiger charge is -2.29. The number of hydrogen-bond donors (Lipinski definition) is 5. The molecule has 23 heavy (non-hydrogen) atoms. The van der Waals surface area contributed by atoms with E-state index in [1.54, 1.807) is 7.05 Å². The summed E-state index contributed by atoms with van der Waals surface area (Å²) in [6, 6.07) is 0.975. The smallest absolute Gasteiger partial charge is 0.404 e. The molecule has 1 saturated carbocycles. The van der Waals surface area contributed by atoms with Gasteiger partial charge in [0, 0.05) is 19.1 Å². The summed E-state index contributed by atoms with van der Waals surface area (Å²) in [5.41, 5.74) is 5.18. The molecule has 0 aromatic carbocycles. The van der Waals surface area contributed by atoms with Crippen molar-refractivity contribution in [2.45, 2.75) is 37.8 Å². The van der Waals surface area contributed by atoms with Gasteiger partial charge in [0.2, 0.25) is 0 Å². The average Bonchev–Trinajstić information content (AvgIpc) is 2.50. The van der Waals surface area contributed by atoms with Crippen molar-refractivity contribution < 1.29 is 19.1 Å². The van der Waals surface area contributed by atoms with Crippen LogP contribution >= 0.6 is 0 Å². The summed E-state index contributed by atoms with van der Waals surface area (Å²) in [4.78, 5) is 25.9. The number of halogens is 1. The van der Waals surface area contributed by atoms with Crippen LogP contribution in [-0.4, -0.2) is 41.2 Å². The van der Waals surface area contributed by atoms with Gasteiger partial charge in [0.15, 0.2) is 11.6 Å². The third-order valence-electron chi connectivity index (χ3n) is 3.87. The van der Waals surface area contributed by atoms with Crippen LogP contribution in [0.15, 0.2) is 6.07 Å². The molecule has 2 rings (SSSR count). The monoisotopic (exact) mass is 325 g/mol. The number of aromatic nitrogens is 1. The first-order valence-corrected chi connectivity index (χ1v) is 7.34. The molecule has 1 aliphatic rings. The van der Waals surface area contributed by atoms with E-state index in [9.17, 15) is 14.0 Å². The number of primary amides is 1. The first-order chi connectivity index (χ1) is 10.9. The van der Waals surface area contributed by atoms with Crippen molar-refractivity contribution in [1.82, 2.24) is 10.3 Å². The fourth-order valence-corrected chi connectivity index (χ4v) is 2.72. The zero-order valence-electron chi connectivity index (χ0n) is 12.7. The first-order valence-electron chi connectivity index (χ1n) is 7.34. The van der Waals surface area contributed by atoms with Crippen LogP contribution < -0.4 is 21.7 Å². The lowest BCUT2D eigenvalue weighted by molar-refractivity contribution is 0.1000. The van der Waals surface area contributed by atoms with Gasteiger partial charge in [-0.05, 0) is 31.7 Å². The van der Waals surface area contributed by atoms with Crippen molar-refractivity contribution >= 4 is 23.6 Å². The number of carbonyl (C=O) groups excluding carboxylic acids is 1. The number of pyridine rings is 1. The Morgan fingerprint density at radius 2 is 1.87 bits per heavy atom. The van der Waals surface area contributed by atoms with Crippen molar-refractivity contribution in [2.75, 3.05) is 17.7 Å². The van der Waals surface area contributed by atoms with Crippen LogP contribution in [-0.2, 0) is 0 Å². The van der Waals surface area contributed by atoms with Gasteiger partial charge in [0.05, 0.1) is 5.56 Å². The Morgan fingerprint density at radius 1 is 1.26 bits per heavy atom. The molecule has 0 aliphatic heterocycles. The number of carbonyl (C=O) groups is 2. The molecule has 1 aliphatic carbocycles. The van der Waals surface area contributed by atoms with Crippen molar-refractivity contribution in [1.29, 1.82) is 0 Å². The maximum absolute atomic E-state index is 14.1. The number of nitrogens with two attached hydrogens (primary N) is 1. The van der Waals surface area contributed by atoms with Crippen molar-refractivity contribution in [3.05, 3.63) is 17.4 Å². The molecule has 0 unspecified atom stereocenters. The molecule has 126 valence electrons. The van der Waals surface area contributed by atoms with E-state index in [-0.39, 0.29) is 29.3 Å². The molecule has 2 amide bonds. The Balaban J connectivity index is 2.04. The molecule has 1 heterocycles. The summed E-state index contributed by atoms with van der Waals surface area (Å²) < 4.78 is 14.1. The van der Waals surface area contributed by atoms with Crippen molar-refractivity contribution in [2.24, 2.45) is 5.73 Å². The topological polar surface area (TPSA) is 129 Å². The number of nitrogens with one attached hydrogen (secondary N) is 3. The molecule has 9 heteroatoms. The highest BCUT2D eigenvalue weighted by molar-refractivity contribution is 5.97. The molecule has 8 nitrogen and oxygen atoms in total. The summed E-state index contributed by atoms with van der Waals surface area (Å²) in [6.07, 6.45) is 1.69. The predicted octanol–water partition coefficient (Wildman–Crippen LogP) is 1.35. The van der Waals surface area contributed by atoms with Gasteiger partial charge in [0.25, 0.3) is 5.91 Å². The number of amides is 2. The number of nitrogens with zero attached hydrogens (tertiary/aromatic N) is 1. The molecule has 0 bridgehead atoms. The minimum atomic E-state index is -1.03. The van der Waals surface area contributed by atoms with Crippen LogP contribution in [0.5, 0.6) is 0 Å². The van der Waals surface area contributed by atoms with Crippen LogP contribution in [0.3, 0.4) is 0 Å². The van der Waals surface area contributed by atoms with Crippen LogP contribution in [0.2, 0.25) is 0 Å². The summed E-state index contributed by atoms with van der Waals surface area (Å²) >= 11 is 0. The highest BCUT2D eigenvalue weighted by Crippen LogP contribution is 2.25. The summed E-state index contributed by atoms with van der Waals surface area (Å²) in [5.74, 6) is -1.15. The van der Waals surface area contributed by atoms with Crippen LogP contribution in [0.1, 0.15) is 36.0 Å². The zero-order valence-corrected chi connectivity index (χ0v) is 12.7. The predicted molar refractivity (Wildman–Crippen MR) is 83.1 cm³/mol. The SMILES string of the molecule is CNc1nc(N[C@H]2CC[C@H](NC(=O)O)CC2)c(F)cc1C(N)=O. The number of rotatable bonds is 5. The summed E-state index contributed by atoms with van der Waals surface area (Å²) in [5, 5.41) is 16.9. The van der Waals surface area contributed by atoms with E-state index in [2.05, 4.69) is 20.9 Å². The molecule has 1 fully saturated rings. The molecule has 1 aromatic heterocycles. The molecule has 1 aromatic rings. The van der Waals surface area contributed by atoms with E-state index in [1.807, 2.05) is 0 Å². The minimum Gasteiger partial charge on any atom is -0.465 e. The Morgan fingerprint density at radius 3 is 2.39 bits per heavy atom. The molecular weight excluding hydrogens is 305 g/mol. The molecule has 0 saturated heterocycles. The quantitative estimate of drug-likeness (QED) is 0.556. The summed E-state index contributed by atoms with van der Waals surface area (Å²) in [6.45, 7) is 0. The molecule has 0 radical (unpaired) electrons. The molecule has 6 N–H and O–H groups in total. The maximum Gasteiger partial charge on any atom is 0.404 e. The lowest BCUT2D eigenvalue weighted by atomic mass is 9.91. The Kier molecular flexibility index (Phi) is 5.20. The lowest BCUT2D eigenvalue weighted by Crippen LogP contribution is -2.39. The van der Waals surface area contributed by atoms with Gasteiger partial charge in [-0.3, -0.25) is 4.79 Å². The number of hydrogen-bond acceptors (Lipinski definition) is 5. The van der Waals surface area contributed by atoms with Gasteiger partial charge in [-0.15, -0.1) is 0 Å². The number of carboxylic acid groups (broad SMARTS) is 1. The Labute approximate surface area is 132 Å². The van der Waals surface area contributed by atoms with E-state index in [0.717, 1.165) is 6.07 Å². The second-order valence-corrected chi connectivity index (χ2v) is 5.47. The third-order valence-corrected chi connectivity index (χ3v) is 3.87. The van der Waals surface area contributed by atoms with Crippen molar-refractivity contribution in [3.63, 3.8) is 0 Å². The van der Waals surface area contributed by atoms with Crippen LogP contribution in [0.25, 0.3) is 0 Å². The van der Waals surface area contributed by atoms with Crippen LogP contribution in [0, 0.1) is 5.82 Å². The maximum atomic E-state index is 14.1. The van der Waals surface area contributed by atoms with Gasteiger partial charge in [-0.1, -0.05) is 0 Å². The van der Waals surface area contributed by atoms with Gasteiger partial charge >= 0.3 is 6.09 Å². The van der Waals surface area contributed by atoms with Gasteiger partial charge in [-0.2, -0.15) is 0 Å². The highest BCUT2D eigenvalue weighted by Gasteiger charge is 2.24. The Bertz CT molecular complexity index is 602. The average molecular weight is 325 g/mol. The highest BCUT2D eigenvalue weighted by atomic mass is 19.1. The minimum absolute atomic E-state index is 0.00650. The second-order valence-electron chi connectivity index (χ2n) is 5.47. The van der Waals surface area contributed by atoms with E-state index < -0.39 is 17.8 Å². The summed E-state index contributed by atoms with van der Waals surface area (Å²) in [7, 11) is 1.57. The van der Waals surface area contributed by atoms with Gasteiger partial charge in [0.1, 0.15) is 5.82 Å². The first kappa shape index (κ1) is 16.8. The standard InChI is InChI=1S/C14H20FN5O3/c1-17-12-9(11(16)21)6-10(15)13(20-12)18-7-2-4-8(5-3-7)19-14(22)23/h6-8,19H,2-5H2,1H3,(H2,16,21)(H,22,23)(H2,17,18,20)/t7-,8-. The van der Waals surface area contributed by atoms with E-state index in [4.69, 9.17) is 10.8 Å². The van der Waals surface area contributed by atoms with Gasteiger partial charge < -0.3 is 26.8 Å². The fourth-order valence-electron chi connectivity index (χ4n) is 2.72. The van der Waals surface area contributed by atoms with Gasteiger partial charge in [-0.25, -0.2) is 14.2 Å². The Hall–Kier alpha value is -2.58. The second kappa shape index (κ2) is 7.12. The molecule has 0 atom stereocenters. The zero-order chi connectivity index (χ0) is 17.0. The van der Waals surface area contributed by atoms with Crippen molar-refractivity contribution in [3.8, 4) is 0 Å². The van der Waals surface area contributed by atoms with E-state index in [0.29, 0.717) is 25.7 Å². The molecule has 0 spiro atoms. The third kappa shape index (κ3) is 4.21. The largest absolute Gasteiger partial charge is 0.465 e. The molecular formula is C14H20FN5O3. The van der Waals surface area contributed by atoms with Crippen LogP contribution in [0.4, 0.5) is 20.8 Å². The normalized spacial score (nSPS) is 20.6. The van der Waals surface area contributed by atoms with E-state index in [1.165, 1.54) is 0 Å². The fraction of sp³-hybridized carbons (Fsp3) is 0.500. The van der Waals surface area contributed by atoms with E-state index >= 15 is 0 Å². The number of anilines is 2.